The Morgan fingerprint density at radius 1 is 1.00 bits per heavy atom. The van der Waals surface area contributed by atoms with E-state index in [-0.39, 0.29) is 15.6 Å². The molecular weight excluding hydrogens is 362 g/mol. The molecule has 0 heterocycles. The standard InChI is InChI=1S/C14H14ClNO5S2/c1-9-3-5-11(6-4-9)22(17,18)16-13-8-12(15)10(2)7-14(13)23(19,20)21/h3-8,16H,1-2H3,(H,19,20,21). The number of hydrogen-bond acceptors (Lipinski definition) is 4. The van der Waals surface area contributed by atoms with Crippen molar-refractivity contribution in [2.24, 2.45) is 0 Å². The summed E-state index contributed by atoms with van der Waals surface area (Å²) >= 11 is 5.92. The predicted octanol–water partition coefficient (Wildman–Crippen LogP) is 3.00. The third-order valence-electron chi connectivity index (χ3n) is 3.11. The highest BCUT2D eigenvalue weighted by Gasteiger charge is 2.22. The Hall–Kier alpha value is -1.61. The number of sulfonamides is 1. The quantitative estimate of drug-likeness (QED) is 0.800. The first-order valence-corrected chi connectivity index (χ1v) is 9.68. The summed E-state index contributed by atoms with van der Waals surface area (Å²) in [5, 5.41) is 0.166. The van der Waals surface area contributed by atoms with Crippen molar-refractivity contribution in [1.82, 2.24) is 0 Å². The molecule has 124 valence electrons. The molecule has 23 heavy (non-hydrogen) atoms. The first-order chi connectivity index (χ1) is 10.5. The fraction of sp³-hybridized carbons (Fsp3) is 0.143. The van der Waals surface area contributed by atoms with Crippen LogP contribution in [0.3, 0.4) is 0 Å². The van der Waals surface area contributed by atoms with E-state index < -0.39 is 25.0 Å². The van der Waals surface area contributed by atoms with Crippen LogP contribution in [-0.2, 0) is 20.1 Å². The Balaban J connectivity index is 2.55. The number of anilines is 1. The molecule has 2 rings (SSSR count). The van der Waals surface area contributed by atoms with Gasteiger partial charge in [0, 0.05) is 5.02 Å². The van der Waals surface area contributed by atoms with Gasteiger partial charge in [-0.2, -0.15) is 8.42 Å². The second-order valence-electron chi connectivity index (χ2n) is 4.99. The van der Waals surface area contributed by atoms with Crippen LogP contribution in [0.15, 0.2) is 46.2 Å². The van der Waals surface area contributed by atoms with Crippen molar-refractivity contribution in [3.8, 4) is 0 Å². The van der Waals surface area contributed by atoms with E-state index in [2.05, 4.69) is 4.72 Å². The number of aryl methyl sites for hydroxylation is 2. The highest BCUT2D eigenvalue weighted by Crippen LogP contribution is 2.30. The molecule has 9 heteroatoms. The summed E-state index contributed by atoms with van der Waals surface area (Å²) in [6.45, 7) is 3.34. The van der Waals surface area contributed by atoms with Gasteiger partial charge < -0.3 is 0 Å². The van der Waals surface area contributed by atoms with Crippen LogP contribution in [0.25, 0.3) is 0 Å². The van der Waals surface area contributed by atoms with E-state index in [1.54, 1.807) is 19.1 Å². The fourth-order valence-corrected chi connectivity index (χ4v) is 3.88. The molecule has 0 radical (unpaired) electrons. The molecule has 0 bridgehead atoms. The van der Waals surface area contributed by atoms with Crippen LogP contribution >= 0.6 is 11.6 Å². The normalized spacial score (nSPS) is 12.2. The summed E-state index contributed by atoms with van der Waals surface area (Å²) in [5.74, 6) is 0. The molecule has 0 unspecified atom stereocenters. The Kier molecular flexibility index (Phi) is 4.72. The maximum Gasteiger partial charge on any atom is 0.296 e. The van der Waals surface area contributed by atoms with Gasteiger partial charge in [0.1, 0.15) is 4.90 Å². The number of rotatable bonds is 4. The van der Waals surface area contributed by atoms with Crippen molar-refractivity contribution in [2.45, 2.75) is 23.6 Å². The van der Waals surface area contributed by atoms with Crippen LogP contribution in [-0.4, -0.2) is 21.4 Å². The van der Waals surface area contributed by atoms with Gasteiger partial charge >= 0.3 is 0 Å². The van der Waals surface area contributed by atoms with Crippen molar-refractivity contribution < 1.29 is 21.4 Å². The molecule has 0 amide bonds. The molecule has 0 saturated carbocycles. The third-order valence-corrected chi connectivity index (χ3v) is 5.80. The lowest BCUT2D eigenvalue weighted by Gasteiger charge is -2.13. The minimum Gasteiger partial charge on any atom is -0.282 e. The average Bonchev–Trinajstić information content (AvgIpc) is 2.41. The molecule has 2 N–H and O–H groups in total. The van der Waals surface area contributed by atoms with Gasteiger partial charge in [0.25, 0.3) is 20.1 Å². The van der Waals surface area contributed by atoms with E-state index in [1.807, 2.05) is 0 Å². The summed E-state index contributed by atoms with van der Waals surface area (Å²) in [5.41, 5.74) is 0.946. The van der Waals surface area contributed by atoms with E-state index in [9.17, 15) is 21.4 Å². The lowest BCUT2D eigenvalue weighted by molar-refractivity contribution is 0.483. The Morgan fingerprint density at radius 2 is 1.57 bits per heavy atom. The lowest BCUT2D eigenvalue weighted by Crippen LogP contribution is -2.15. The maximum atomic E-state index is 12.4. The zero-order chi connectivity index (χ0) is 17.4. The van der Waals surface area contributed by atoms with Crippen LogP contribution in [0.2, 0.25) is 5.02 Å². The van der Waals surface area contributed by atoms with Gasteiger partial charge in [-0.3, -0.25) is 9.27 Å². The summed E-state index contributed by atoms with van der Waals surface area (Å²) in [4.78, 5) is -0.601. The monoisotopic (exact) mass is 375 g/mol. The van der Waals surface area contributed by atoms with E-state index in [1.165, 1.54) is 19.1 Å². The molecular formula is C14H14ClNO5S2. The van der Waals surface area contributed by atoms with Crippen LogP contribution in [0.1, 0.15) is 11.1 Å². The average molecular weight is 376 g/mol. The molecule has 0 aliphatic heterocycles. The van der Waals surface area contributed by atoms with Gasteiger partial charge in [-0.15, -0.1) is 0 Å². The Bertz CT molecular complexity index is 951. The molecule has 2 aromatic rings. The van der Waals surface area contributed by atoms with Gasteiger partial charge in [-0.25, -0.2) is 8.42 Å². The number of nitrogens with one attached hydrogen (secondary N) is 1. The molecule has 0 aromatic heterocycles. The summed E-state index contributed by atoms with van der Waals surface area (Å²) in [6, 6.07) is 8.25. The molecule has 0 fully saturated rings. The molecule has 0 aliphatic rings. The number of halogens is 1. The van der Waals surface area contributed by atoms with E-state index in [4.69, 9.17) is 11.6 Å². The molecule has 6 nitrogen and oxygen atoms in total. The third kappa shape index (κ3) is 4.03. The van der Waals surface area contributed by atoms with Crippen molar-refractivity contribution in [2.75, 3.05) is 4.72 Å². The fourth-order valence-electron chi connectivity index (χ4n) is 1.87. The predicted molar refractivity (Wildman–Crippen MR) is 88.0 cm³/mol. The second-order valence-corrected chi connectivity index (χ2v) is 8.47. The SMILES string of the molecule is Cc1ccc(S(=O)(=O)Nc2cc(Cl)c(C)cc2S(=O)(=O)O)cc1. The highest BCUT2D eigenvalue weighted by molar-refractivity contribution is 7.93. The zero-order valence-electron chi connectivity index (χ0n) is 12.2. The largest absolute Gasteiger partial charge is 0.296 e. The highest BCUT2D eigenvalue weighted by atomic mass is 35.5. The lowest BCUT2D eigenvalue weighted by atomic mass is 10.2. The van der Waals surface area contributed by atoms with Gasteiger partial charge in [0.05, 0.1) is 10.6 Å². The van der Waals surface area contributed by atoms with Gasteiger partial charge in [0.2, 0.25) is 0 Å². The molecule has 0 saturated heterocycles. The maximum absolute atomic E-state index is 12.4. The van der Waals surface area contributed by atoms with Crippen molar-refractivity contribution in [1.29, 1.82) is 0 Å². The van der Waals surface area contributed by atoms with E-state index in [0.717, 1.165) is 17.7 Å². The minimum atomic E-state index is -4.62. The van der Waals surface area contributed by atoms with Gasteiger partial charge in [-0.05, 0) is 43.7 Å². The molecule has 0 aliphatic carbocycles. The summed E-state index contributed by atoms with van der Waals surface area (Å²) < 4.78 is 59.1. The molecule has 0 spiro atoms. The summed E-state index contributed by atoms with van der Waals surface area (Å²) in [7, 11) is -8.65. The van der Waals surface area contributed by atoms with Crippen LogP contribution in [0.5, 0.6) is 0 Å². The smallest absolute Gasteiger partial charge is 0.282 e. The summed E-state index contributed by atoms with van der Waals surface area (Å²) in [6.07, 6.45) is 0. The zero-order valence-corrected chi connectivity index (χ0v) is 14.6. The van der Waals surface area contributed by atoms with E-state index in [0.29, 0.717) is 5.56 Å². The number of hydrogen-bond donors (Lipinski definition) is 2. The van der Waals surface area contributed by atoms with Gasteiger partial charge in [-0.1, -0.05) is 29.3 Å². The topological polar surface area (TPSA) is 101 Å². The first-order valence-electron chi connectivity index (χ1n) is 6.38. The van der Waals surface area contributed by atoms with Crippen LogP contribution in [0, 0.1) is 13.8 Å². The van der Waals surface area contributed by atoms with E-state index >= 15 is 0 Å². The van der Waals surface area contributed by atoms with Crippen molar-refractivity contribution in [3.63, 3.8) is 0 Å². The van der Waals surface area contributed by atoms with Crippen molar-refractivity contribution >= 4 is 37.4 Å². The molecule has 0 atom stereocenters. The first kappa shape index (κ1) is 17.7. The second kappa shape index (κ2) is 6.12. The minimum absolute atomic E-state index is 0.0407. The number of benzene rings is 2. The Labute approximate surface area is 139 Å². The van der Waals surface area contributed by atoms with Crippen molar-refractivity contribution in [3.05, 3.63) is 52.5 Å². The molecule has 2 aromatic carbocycles. The Morgan fingerprint density at radius 3 is 2.09 bits per heavy atom. The van der Waals surface area contributed by atoms with Crippen LogP contribution in [0.4, 0.5) is 5.69 Å². The van der Waals surface area contributed by atoms with Crippen LogP contribution < -0.4 is 4.72 Å². The van der Waals surface area contributed by atoms with Gasteiger partial charge in [0.15, 0.2) is 0 Å².